The van der Waals surface area contributed by atoms with Crippen LogP contribution in [0.25, 0.3) is 0 Å². The zero-order valence-corrected chi connectivity index (χ0v) is 18.5. The SMILES string of the molecule is I.NC(=NCCCCCN1CCCCC1)Nc1ccc2c(c1)OCCCO2. The van der Waals surface area contributed by atoms with Gasteiger partial charge in [-0.1, -0.05) is 12.8 Å². The van der Waals surface area contributed by atoms with E-state index in [1.807, 2.05) is 18.2 Å². The number of guanidine groups is 1. The molecule has 1 fully saturated rings. The maximum atomic E-state index is 6.00. The van der Waals surface area contributed by atoms with Crippen LogP contribution in [0.1, 0.15) is 44.9 Å². The zero-order chi connectivity index (χ0) is 18.0. The highest BCUT2D eigenvalue weighted by molar-refractivity contribution is 14.0. The summed E-state index contributed by atoms with van der Waals surface area (Å²) in [5.41, 5.74) is 6.88. The summed E-state index contributed by atoms with van der Waals surface area (Å²) >= 11 is 0. The molecule has 0 aliphatic carbocycles. The van der Waals surface area contributed by atoms with E-state index in [1.165, 1.54) is 51.7 Å². The van der Waals surface area contributed by atoms with Gasteiger partial charge in [-0.05, 0) is 57.5 Å². The van der Waals surface area contributed by atoms with Crippen LogP contribution >= 0.6 is 24.0 Å². The Morgan fingerprint density at radius 2 is 1.78 bits per heavy atom. The molecule has 6 nitrogen and oxygen atoms in total. The van der Waals surface area contributed by atoms with Gasteiger partial charge in [0.15, 0.2) is 17.5 Å². The largest absolute Gasteiger partial charge is 0.490 e. The first-order valence-electron chi connectivity index (χ1n) is 10.0. The second kappa shape index (κ2) is 12.3. The van der Waals surface area contributed by atoms with Gasteiger partial charge in [-0.25, -0.2) is 0 Å². The molecule has 152 valence electrons. The number of nitrogens with one attached hydrogen (secondary N) is 1. The van der Waals surface area contributed by atoms with Crippen LogP contribution in [0.5, 0.6) is 11.5 Å². The van der Waals surface area contributed by atoms with Gasteiger partial charge >= 0.3 is 0 Å². The number of benzene rings is 1. The van der Waals surface area contributed by atoms with Gasteiger partial charge in [-0.3, -0.25) is 4.99 Å². The predicted octanol–water partition coefficient (Wildman–Crippen LogP) is 3.85. The molecule has 2 aliphatic heterocycles. The fraction of sp³-hybridized carbons (Fsp3) is 0.650. The van der Waals surface area contributed by atoms with Crippen molar-refractivity contribution in [3.8, 4) is 11.5 Å². The highest BCUT2D eigenvalue weighted by Crippen LogP contribution is 2.32. The molecule has 1 saturated heterocycles. The number of hydrogen-bond donors (Lipinski definition) is 2. The quantitative estimate of drug-likeness (QED) is 0.264. The first-order valence-corrected chi connectivity index (χ1v) is 10.0. The van der Waals surface area contributed by atoms with E-state index in [9.17, 15) is 0 Å². The number of fused-ring (bicyclic) bond motifs is 1. The standard InChI is InChI=1S/C20H32N4O2.HI/c21-20(22-10-3-1-4-11-24-12-5-2-6-13-24)23-17-8-9-18-19(16-17)26-15-7-14-25-18;/h8-9,16H,1-7,10-15H2,(H3,21,22,23);1H. The third kappa shape index (κ3) is 7.73. The van der Waals surface area contributed by atoms with Gasteiger partial charge in [0.1, 0.15) is 0 Å². The molecule has 27 heavy (non-hydrogen) atoms. The molecule has 2 aliphatic rings. The van der Waals surface area contributed by atoms with Gasteiger partial charge < -0.3 is 25.4 Å². The Balaban J connectivity index is 0.00000261. The molecule has 1 aromatic carbocycles. The molecule has 0 saturated carbocycles. The van der Waals surface area contributed by atoms with E-state index in [0.717, 1.165) is 36.6 Å². The number of anilines is 1. The van der Waals surface area contributed by atoms with Crippen molar-refractivity contribution in [2.45, 2.75) is 44.9 Å². The number of unbranched alkanes of at least 4 members (excludes halogenated alkanes) is 2. The smallest absolute Gasteiger partial charge is 0.193 e. The number of nitrogens with two attached hydrogens (primary N) is 1. The summed E-state index contributed by atoms with van der Waals surface area (Å²) in [5.74, 6) is 2.01. The lowest BCUT2D eigenvalue weighted by Crippen LogP contribution is -2.30. The van der Waals surface area contributed by atoms with Crippen LogP contribution in [0.3, 0.4) is 0 Å². The fourth-order valence-electron chi connectivity index (χ4n) is 3.43. The molecule has 0 atom stereocenters. The van der Waals surface area contributed by atoms with Crippen LogP contribution in [0, 0.1) is 0 Å². The highest BCUT2D eigenvalue weighted by atomic mass is 127. The normalized spacial score (nSPS) is 17.7. The predicted molar refractivity (Wildman–Crippen MR) is 122 cm³/mol. The lowest BCUT2D eigenvalue weighted by molar-refractivity contribution is 0.224. The summed E-state index contributed by atoms with van der Waals surface area (Å²) in [5, 5.41) is 3.14. The molecule has 1 aromatic rings. The van der Waals surface area contributed by atoms with Gasteiger partial charge in [0.25, 0.3) is 0 Å². The third-order valence-electron chi connectivity index (χ3n) is 4.88. The van der Waals surface area contributed by atoms with Crippen LogP contribution in [0.4, 0.5) is 5.69 Å². The van der Waals surface area contributed by atoms with Crippen molar-refractivity contribution in [2.24, 2.45) is 10.7 Å². The molecule has 0 radical (unpaired) electrons. The van der Waals surface area contributed by atoms with E-state index in [4.69, 9.17) is 15.2 Å². The van der Waals surface area contributed by atoms with Gasteiger partial charge in [0.2, 0.25) is 0 Å². The Kier molecular flexibility index (Phi) is 10.0. The maximum absolute atomic E-state index is 6.00. The minimum Gasteiger partial charge on any atom is -0.490 e. The number of ether oxygens (including phenoxy) is 2. The zero-order valence-electron chi connectivity index (χ0n) is 16.1. The van der Waals surface area contributed by atoms with Gasteiger partial charge in [-0.2, -0.15) is 0 Å². The Morgan fingerprint density at radius 3 is 2.59 bits per heavy atom. The second-order valence-corrected chi connectivity index (χ2v) is 7.07. The number of rotatable bonds is 7. The summed E-state index contributed by atoms with van der Waals surface area (Å²) in [4.78, 5) is 7.02. The summed E-state index contributed by atoms with van der Waals surface area (Å²) in [6.07, 6.45) is 8.58. The first-order chi connectivity index (χ1) is 12.8. The summed E-state index contributed by atoms with van der Waals surface area (Å²) in [6, 6.07) is 5.77. The Labute approximate surface area is 179 Å². The van der Waals surface area contributed by atoms with Crippen molar-refractivity contribution in [3.05, 3.63) is 18.2 Å². The summed E-state index contributed by atoms with van der Waals surface area (Å²) in [6.45, 7) is 5.94. The fourth-order valence-corrected chi connectivity index (χ4v) is 3.43. The van der Waals surface area contributed by atoms with E-state index in [-0.39, 0.29) is 24.0 Å². The Morgan fingerprint density at radius 1 is 1.00 bits per heavy atom. The van der Waals surface area contributed by atoms with E-state index < -0.39 is 0 Å². The van der Waals surface area contributed by atoms with Crippen molar-refractivity contribution in [2.75, 3.05) is 44.7 Å². The maximum Gasteiger partial charge on any atom is 0.193 e. The average Bonchev–Trinajstić information content (AvgIpc) is 2.90. The molecule has 0 bridgehead atoms. The molecule has 3 rings (SSSR count). The van der Waals surface area contributed by atoms with Crippen LogP contribution in [0.2, 0.25) is 0 Å². The number of likely N-dealkylation sites (tertiary alicyclic amines) is 1. The molecule has 3 N–H and O–H groups in total. The number of aliphatic imine (C=N–C) groups is 1. The summed E-state index contributed by atoms with van der Waals surface area (Å²) in [7, 11) is 0. The van der Waals surface area contributed by atoms with Crippen molar-refractivity contribution in [1.29, 1.82) is 0 Å². The van der Waals surface area contributed by atoms with Gasteiger partial charge in [0.05, 0.1) is 13.2 Å². The topological polar surface area (TPSA) is 72.1 Å². The number of piperidine rings is 1. The number of hydrogen-bond acceptors (Lipinski definition) is 4. The Hall–Kier alpha value is -1.22. The van der Waals surface area contributed by atoms with Crippen LogP contribution in [0.15, 0.2) is 23.2 Å². The van der Waals surface area contributed by atoms with Crippen molar-refractivity contribution >= 4 is 35.6 Å². The Bertz CT molecular complexity index is 591. The van der Waals surface area contributed by atoms with Crippen LogP contribution < -0.4 is 20.5 Å². The molecule has 2 heterocycles. The first kappa shape index (κ1) is 22.1. The van der Waals surface area contributed by atoms with Crippen molar-refractivity contribution < 1.29 is 9.47 Å². The second-order valence-electron chi connectivity index (χ2n) is 7.07. The molecule has 0 unspecified atom stereocenters. The minimum atomic E-state index is 0. The molecule has 7 heteroatoms. The minimum absolute atomic E-state index is 0. The molecule has 0 aromatic heterocycles. The molecule has 0 spiro atoms. The summed E-state index contributed by atoms with van der Waals surface area (Å²) < 4.78 is 11.3. The monoisotopic (exact) mass is 488 g/mol. The van der Waals surface area contributed by atoms with E-state index >= 15 is 0 Å². The highest BCUT2D eigenvalue weighted by Gasteiger charge is 2.11. The van der Waals surface area contributed by atoms with Crippen LogP contribution in [-0.4, -0.2) is 50.3 Å². The van der Waals surface area contributed by atoms with E-state index in [2.05, 4.69) is 15.2 Å². The lowest BCUT2D eigenvalue weighted by Gasteiger charge is -2.26. The molecular formula is C20H33IN4O2. The van der Waals surface area contributed by atoms with Crippen molar-refractivity contribution in [1.82, 2.24) is 4.90 Å². The molecular weight excluding hydrogens is 455 g/mol. The molecule has 0 amide bonds. The number of halogens is 1. The average molecular weight is 488 g/mol. The van der Waals surface area contributed by atoms with Gasteiger partial charge in [0, 0.05) is 24.7 Å². The van der Waals surface area contributed by atoms with Crippen molar-refractivity contribution in [3.63, 3.8) is 0 Å². The third-order valence-corrected chi connectivity index (χ3v) is 4.88. The van der Waals surface area contributed by atoms with Gasteiger partial charge in [-0.15, -0.1) is 24.0 Å². The lowest BCUT2D eigenvalue weighted by atomic mass is 10.1. The van der Waals surface area contributed by atoms with E-state index in [1.54, 1.807) is 0 Å². The number of nitrogens with zero attached hydrogens (tertiary/aromatic N) is 2. The van der Waals surface area contributed by atoms with E-state index in [0.29, 0.717) is 19.2 Å². The van der Waals surface area contributed by atoms with Crippen LogP contribution in [-0.2, 0) is 0 Å².